The van der Waals surface area contributed by atoms with Crippen molar-refractivity contribution in [1.29, 1.82) is 0 Å². The molecule has 0 saturated carbocycles. The summed E-state index contributed by atoms with van der Waals surface area (Å²) in [6.07, 6.45) is 4.40. The molecule has 156 valence electrons. The van der Waals surface area contributed by atoms with Gasteiger partial charge in [0.15, 0.2) is 5.71 Å². The largest absolute Gasteiger partial charge is 0.378 e. The number of fused-ring (bicyclic) bond motifs is 1. The van der Waals surface area contributed by atoms with Crippen LogP contribution in [-0.2, 0) is 5.41 Å². The van der Waals surface area contributed by atoms with Crippen LogP contribution in [0.15, 0.2) is 48.5 Å². The van der Waals surface area contributed by atoms with E-state index in [2.05, 4.69) is 93.0 Å². The zero-order chi connectivity index (χ0) is 22.0. The van der Waals surface area contributed by atoms with Crippen LogP contribution in [-0.4, -0.2) is 31.4 Å². The lowest BCUT2D eigenvalue weighted by Crippen LogP contribution is -2.68. The first-order valence-corrected chi connectivity index (χ1v) is 10.4. The molecule has 29 heavy (non-hydrogen) atoms. The second kappa shape index (κ2) is 8.83. The van der Waals surface area contributed by atoms with E-state index < -0.39 is 10.2 Å². The van der Waals surface area contributed by atoms with Gasteiger partial charge in [0.05, 0.1) is 5.41 Å². The van der Waals surface area contributed by atoms with Gasteiger partial charge < -0.3 is 4.90 Å². The number of hydrogen-bond acceptors (Lipinski definition) is 5. The third kappa shape index (κ3) is 6.02. The van der Waals surface area contributed by atoms with Gasteiger partial charge in [-0.05, 0) is 49.8 Å². The van der Waals surface area contributed by atoms with Crippen molar-refractivity contribution >= 4 is 34.8 Å². The molecule has 0 atom stereocenters. The van der Waals surface area contributed by atoms with Crippen LogP contribution in [0.2, 0.25) is 5.02 Å². The van der Waals surface area contributed by atoms with E-state index in [0.29, 0.717) is 0 Å². The van der Waals surface area contributed by atoms with E-state index in [4.69, 9.17) is 30.2 Å². The van der Waals surface area contributed by atoms with Gasteiger partial charge in [0, 0.05) is 42.5 Å². The van der Waals surface area contributed by atoms with Gasteiger partial charge in [-0.2, -0.15) is 4.58 Å². The average molecular weight is 439 g/mol. The summed E-state index contributed by atoms with van der Waals surface area (Å²) in [5, 5.41) is 0.791. The van der Waals surface area contributed by atoms with E-state index in [9.17, 15) is 0 Å². The summed E-state index contributed by atoms with van der Waals surface area (Å²) >= 11 is 6.21. The van der Waals surface area contributed by atoms with Gasteiger partial charge in [-0.25, -0.2) is 18.6 Å². The molecule has 1 aliphatic heterocycles. The average Bonchev–Trinajstić information content (AvgIpc) is 2.78. The molecule has 0 unspecified atom stereocenters. The first-order valence-electron chi connectivity index (χ1n) is 8.79. The maximum absolute atomic E-state index is 8.49. The maximum atomic E-state index is 8.49. The molecule has 1 heterocycles. The monoisotopic (exact) mass is 438 g/mol. The highest BCUT2D eigenvalue weighted by Gasteiger charge is 2.42. The fraction of sp³-hybridized carbons (Fsp3) is 0.286. The Hall–Kier alpha value is -1.93. The van der Waals surface area contributed by atoms with Crippen LogP contribution in [0, 0.1) is 10.2 Å². The minimum absolute atomic E-state index is 0.0605. The molecular formula is C21H24Cl2N2O4. The third-order valence-electron chi connectivity index (χ3n) is 4.84. The Bertz CT molecular complexity index is 925. The minimum Gasteiger partial charge on any atom is -0.378 e. The van der Waals surface area contributed by atoms with Crippen LogP contribution < -0.4 is 23.5 Å². The molecule has 0 saturated heterocycles. The standard InChI is InChI=1S/C21H24ClN2.ClHO4/c1-21(2)18-14-16(22)9-12-19(18)24(5)20(21)13-8-15-6-10-17(11-7-15)23(3)4;2-1(3,4)5/h6-14H,1-5H3;(H,2,3,4,5)/q+1;/p-1. The number of halogens is 2. The van der Waals surface area contributed by atoms with Gasteiger partial charge in [-0.1, -0.05) is 23.7 Å². The molecule has 0 aromatic heterocycles. The number of benzene rings is 2. The summed E-state index contributed by atoms with van der Waals surface area (Å²) in [5.41, 5.74) is 6.13. The number of nitrogens with zero attached hydrogens (tertiary/aromatic N) is 2. The molecule has 3 rings (SSSR count). The Morgan fingerprint density at radius 2 is 1.52 bits per heavy atom. The van der Waals surface area contributed by atoms with Crippen LogP contribution >= 0.6 is 11.6 Å². The zero-order valence-corrected chi connectivity index (χ0v) is 18.5. The molecule has 8 heteroatoms. The molecule has 1 aliphatic rings. The molecule has 0 N–H and O–H groups in total. The van der Waals surface area contributed by atoms with E-state index in [-0.39, 0.29) is 5.41 Å². The van der Waals surface area contributed by atoms with Crippen molar-refractivity contribution in [1.82, 2.24) is 0 Å². The summed E-state index contributed by atoms with van der Waals surface area (Å²) in [4.78, 5) is 2.11. The van der Waals surface area contributed by atoms with Crippen molar-refractivity contribution in [3.63, 3.8) is 0 Å². The Kier molecular flexibility index (Phi) is 7.11. The lowest BCUT2D eigenvalue weighted by molar-refractivity contribution is -2.00. The van der Waals surface area contributed by atoms with Gasteiger partial charge in [0.25, 0.3) is 0 Å². The smallest absolute Gasteiger partial charge is 0.209 e. The lowest BCUT2D eigenvalue weighted by Gasteiger charge is -2.17. The second-order valence-corrected chi connectivity index (χ2v) is 8.62. The fourth-order valence-corrected chi connectivity index (χ4v) is 3.54. The molecule has 2 aromatic rings. The SMILES string of the molecule is CN(C)c1ccc(C=CC2=[N+](C)c3ccc(Cl)cc3C2(C)C)cc1.[O-][Cl+3]([O-])([O-])[O-]. The van der Waals surface area contributed by atoms with Crippen molar-refractivity contribution < 1.29 is 33.5 Å². The number of anilines is 1. The van der Waals surface area contributed by atoms with Gasteiger partial charge in [-0.3, -0.25) is 0 Å². The lowest BCUT2D eigenvalue weighted by atomic mass is 9.81. The second-order valence-electron chi connectivity index (χ2n) is 7.43. The Labute approximate surface area is 178 Å². The molecule has 0 spiro atoms. The predicted octanol–water partition coefficient (Wildman–Crippen LogP) is 0.369. The summed E-state index contributed by atoms with van der Waals surface area (Å²) in [7, 11) is 1.29. The van der Waals surface area contributed by atoms with Crippen molar-refractivity contribution in [2.24, 2.45) is 0 Å². The van der Waals surface area contributed by atoms with Crippen molar-refractivity contribution in [2.45, 2.75) is 19.3 Å². The molecule has 0 bridgehead atoms. The number of hydrogen-bond donors (Lipinski definition) is 0. The van der Waals surface area contributed by atoms with Gasteiger partial charge >= 0.3 is 0 Å². The Morgan fingerprint density at radius 3 is 2.03 bits per heavy atom. The van der Waals surface area contributed by atoms with E-state index >= 15 is 0 Å². The predicted molar refractivity (Wildman–Crippen MR) is 105 cm³/mol. The maximum Gasteiger partial charge on any atom is 0.209 e. The topological polar surface area (TPSA) is 98.5 Å². The van der Waals surface area contributed by atoms with Crippen molar-refractivity contribution in [3.8, 4) is 0 Å². The number of rotatable bonds is 3. The highest BCUT2D eigenvalue weighted by Crippen LogP contribution is 2.40. The van der Waals surface area contributed by atoms with E-state index in [1.54, 1.807) is 0 Å². The van der Waals surface area contributed by atoms with Crippen LogP contribution in [0.5, 0.6) is 0 Å². The molecule has 6 nitrogen and oxygen atoms in total. The quantitative estimate of drug-likeness (QED) is 0.644. The number of allylic oxidation sites excluding steroid dienone is 1. The first-order chi connectivity index (χ1) is 13.3. The van der Waals surface area contributed by atoms with Crippen LogP contribution in [0.1, 0.15) is 25.0 Å². The molecule has 0 fully saturated rings. The van der Waals surface area contributed by atoms with E-state index in [1.807, 2.05) is 6.07 Å². The molecule has 0 radical (unpaired) electrons. The van der Waals surface area contributed by atoms with E-state index in [1.165, 1.54) is 28.2 Å². The fourth-order valence-electron chi connectivity index (χ4n) is 3.37. The normalized spacial score (nSPS) is 15.2. The van der Waals surface area contributed by atoms with Gasteiger partial charge in [0.1, 0.15) is 7.05 Å². The van der Waals surface area contributed by atoms with Crippen LogP contribution in [0.3, 0.4) is 0 Å². The first kappa shape index (κ1) is 23.3. The van der Waals surface area contributed by atoms with Crippen molar-refractivity contribution in [3.05, 3.63) is 64.7 Å². The van der Waals surface area contributed by atoms with Gasteiger partial charge in [-0.15, -0.1) is 10.2 Å². The summed E-state index contributed by atoms with van der Waals surface area (Å²) < 4.78 is 36.2. The summed E-state index contributed by atoms with van der Waals surface area (Å²) in [5.74, 6) is 0. The van der Waals surface area contributed by atoms with E-state index in [0.717, 1.165) is 5.02 Å². The molecule has 0 aliphatic carbocycles. The van der Waals surface area contributed by atoms with Gasteiger partial charge in [0.2, 0.25) is 5.69 Å². The highest BCUT2D eigenvalue weighted by molar-refractivity contribution is 6.30. The molecule has 0 amide bonds. The van der Waals surface area contributed by atoms with Crippen molar-refractivity contribution in [2.75, 3.05) is 26.0 Å². The minimum atomic E-state index is -4.94. The highest BCUT2D eigenvalue weighted by atomic mass is 35.7. The van der Waals surface area contributed by atoms with Crippen LogP contribution in [0.25, 0.3) is 6.08 Å². The van der Waals surface area contributed by atoms with Crippen LogP contribution in [0.4, 0.5) is 11.4 Å². The third-order valence-corrected chi connectivity index (χ3v) is 5.07. The summed E-state index contributed by atoms with van der Waals surface area (Å²) in [6, 6.07) is 14.7. The molecular weight excluding hydrogens is 415 g/mol. The Balaban J connectivity index is 0.000000537. The molecule has 2 aromatic carbocycles. The zero-order valence-electron chi connectivity index (χ0n) is 17.0. The Morgan fingerprint density at radius 1 is 0.966 bits per heavy atom. The summed E-state index contributed by atoms with van der Waals surface area (Å²) in [6.45, 7) is 4.50.